The van der Waals surface area contributed by atoms with Crippen LogP contribution < -0.4 is 5.32 Å². The van der Waals surface area contributed by atoms with Crippen molar-refractivity contribution in [2.24, 2.45) is 0 Å². The molecule has 114 valence electrons. The summed E-state index contributed by atoms with van der Waals surface area (Å²) in [4.78, 5) is 12.2. The van der Waals surface area contributed by atoms with Crippen LogP contribution in [0.3, 0.4) is 0 Å². The highest BCUT2D eigenvalue weighted by atomic mass is 16.1. The predicted molar refractivity (Wildman–Crippen MR) is 89.8 cm³/mol. The number of aryl methyl sites for hydroxylation is 1. The summed E-state index contributed by atoms with van der Waals surface area (Å²) in [5.74, 6) is -0.119. The molecule has 0 aliphatic heterocycles. The van der Waals surface area contributed by atoms with E-state index in [2.05, 4.69) is 15.5 Å². The Balaban J connectivity index is 1.65. The van der Waals surface area contributed by atoms with E-state index in [0.717, 1.165) is 22.5 Å². The lowest BCUT2D eigenvalue weighted by atomic mass is 10.0. The molecule has 0 aliphatic carbocycles. The number of nitrogens with one attached hydrogen (secondary N) is 1. The van der Waals surface area contributed by atoms with Gasteiger partial charge in [-0.25, -0.2) is 0 Å². The van der Waals surface area contributed by atoms with Gasteiger partial charge in [0, 0.05) is 5.56 Å². The third-order valence-corrected chi connectivity index (χ3v) is 3.54. The number of hydrogen-bond donors (Lipinski definition) is 1. The fourth-order valence-electron chi connectivity index (χ4n) is 2.24. The third-order valence-electron chi connectivity index (χ3n) is 3.54. The summed E-state index contributed by atoms with van der Waals surface area (Å²) < 4.78 is 0. The molecule has 1 aromatic heterocycles. The second kappa shape index (κ2) is 6.83. The normalized spacial score (nSPS) is 10.3. The Kier molecular flexibility index (Phi) is 4.43. The molecule has 3 rings (SSSR count). The minimum Gasteiger partial charge on any atom is -0.346 e. The van der Waals surface area contributed by atoms with E-state index in [9.17, 15) is 4.79 Å². The van der Waals surface area contributed by atoms with Crippen molar-refractivity contribution < 1.29 is 4.79 Å². The van der Waals surface area contributed by atoms with Crippen molar-refractivity contribution in [3.63, 3.8) is 0 Å². The van der Waals surface area contributed by atoms with Crippen LogP contribution in [0.2, 0.25) is 0 Å². The molecule has 0 fully saturated rings. The number of hydrogen-bond acceptors (Lipinski definition) is 3. The molecule has 0 atom stereocenters. The van der Waals surface area contributed by atoms with E-state index in [1.165, 1.54) is 0 Å². The van der Waals surface area contributed by atoms with E-state index in [1.54, 1.807) is 0 Å². The van der Waals surface area contributed by atoms with Crippen LogP contribution in [0.25, 0.3) is 11.1 Å². The molecule has 1 N–H and O–H groups in total. The van der Waals surface area contributed by atoms with Crippen molar-refractivity contribution in [3.8, 4) is 11.1 Å². The molecule has 4 nitrogen and oxygen atoms in total. The maximum Gasteiger partial charge on any atom is 0.251 e. The Morgan fingerprint density at radius 2 is 1.57 bits per heavy atom. The summed E-state index contributed by atoms with van der Waals surface area (Å²) in [6, 6.07) is 21.4. The molecule has 2 aromatic carbocycles. The van der Waals surface area contributed by atoms with E-state index in [-0.39, 0.29) is 5.91 Å². The Hall–Kier alpha value is -3.01. The smallest absolute Gasteiger partial charge is 0.251 e. The zero-order chi connectivity index (χ0) is 16.1. The third kappa shape index (κ3) is 3.80. The van der Waals surface area contributed by atoms with Gasteiger partial charge in [-0.3, -0.25) is 4.79 Å². The molecule has 0 bridgehead atoms. The number of nitrogens with zero attached hydrogens (tertiary/aromatic N) is 2. The van der Waals surface area contributed by atoms with E-state index in [0.29, 0.717) is 12.1 Å². The van der Waals surface area contributed by atoms with Gasteiger partial charge in [0.25, 0.3) is 5.91 Å². The Morgan fingerprint density at radius 1 is 0.870 bits per heavy atom. The lowest BCUT2D eigenvalue weighted by molar-refractivity contribution is 0.0950. The van der Waals surface area contributed by atoms with Crippen molar-refractivity contribution in [2.45, 2.75) is 13.5 Å². The van der Waals surface area contributed by atoms with Gasteiger partial charge >= 0.3 is 0 Å². The molecule has 0 aliphatic rings. The van der Waals surface area contributed by atoms with Crippen LogP contribution in [0.15, 0.2) is 66.7 Å². The summed E-state index contributed by atoms with van der Waals surface area (Å²) in [5.41, 5.74) is 4.45. The number of benzene rings is 2. The van der Waals surface area contributed by atoms with Crippen LogP contribution >= 0.6 is 0 Å². The Bertz CT molecular complexity index is 781. The van der Waals surface area contributed by atoms with Gasteiger partial charge in [-0.15, -0.1) is 0 Å². The van der Waals surface area contributed by atoms with E-state index >= 15 is 0 Å². The highest BCUT2D eigenvalue weighted by molar-refractivity contribution is 5.94. The van der Waals surface area contributed by atoms with Crippen molar-refractivity contribution in [1.82, 2.24) is 15.5 Å². The summed E-state index contributed by atoms with van der Waals surface area (Å²) >= 11 is 0. The fourth-order valence-corrected chi connectivity index (χ4v) is 2.24. The maximum atomic E-state index is 12.2. The highest BCUT2D eigenvalue weighted by Crippen LogP contribution is 2.19. The van der Waals surface area contributed by atoms with E-state index < -0.39 is 0 Å². The molecule has 0 unspecified atom stereocenters. The van der Waals surface area contributed by atoms with Crippen molar-refractivity contribution >= 4 is 5.91 Å². The molecule has 1 heterocycles. The first-order chi connectivity index (χ1) is 11.2. The zero-order valence-corrected chi connectivity index (χ0v) is 12.9. The van der Waals surface area contributed by atoms with Gasteiger partial charge in [0.15, 0.2) is 0 Å². The van der Waals surface area contributed by atoms with Crippen LogP contribution in [0.1, 0.15) is 21.7 Å². The molecular weight excluding hydrogens is 286 g/mol. The average Bonchev–Trinajstić information content (AvgIpc) is 2.62. The average molecular weight is 303 g/mol. The lowest BCUT2D eigenvalue weighted by Gasteiger charge is -2.06. The van der Waals surface area contributed by atoms with E-state index in [1.807, 2.05) is 73.7 Å². The van der Waals surface area contributed by atoms with Crippen molar-refractivity contribution in [2.75, 3.05) is 0 Å². The predicted octanol–water partition coefficient (Wildman–Crippen LogP) is 3.38. The zero-order valence-electron chi connectivity index (χ0n) is 12.9. The molecule has 0 saturated carbocycles. The quantitative estimate of drug-likeness (QED) is 0.804. The van der Waals surface area contributed by atoms with Crippen LogP contribution in [-0.2, 0) is 6.54 Å². The summed E-state index contributed by atoms with van der Waals surface area (Å²) in [5, 5.41) is 10.9. The molecule has 23 heavy (non-hydrogen) atoms. The number of carbonyl (C=O) groups is 1. The SMILES string of the molecule is Cc1ccc(CNC(=O)c2ccc(-c3ccccc3)cc2)nn1. The first kappa shape index (κ1) is 14.9. The molecule has 0 spiro atoms. The lowest BCUT2D eigenvalue weighted by Crippen LogP contribution is -2.23. The molecular formula is C19H17N3O. The van der Waals surface area contributed by atoms with Crippen LogP contribution in [0.5, 0.6) is 0 Å². The largest absolute Gasteiger partial charge is 0.346 e. The second-order valence-corrected chi connectivity index (χ2v) is 5.29. The van der Waals surface area contributed by atoms with Crippen LogP contribution in [0.4, 0.5) is 0 Å². The van der Waals surface area contributed by atoms with Crippen molar-refractivity contribution in [1.29, 1.82) is 0 Å². The fraction of sp³-hybridized carbons (Fsp3) is 0.105. The minimum absolute atomic E-state index is 0.119. The first-order valence-electron chi connectivity index (χ1n) is 7.45. The topological polar surface area (TPSA) is 54.9 Å². The molecule has 1 amide bonds. The highest BCUT2D eigenvalue weighted by Gasteiger charge is 2.06. The summed E-state index contributed by atoms with van der Waals surface area (Å²) in [6.07, 6.45) is 0. The Labute approximate surface area is 135 Å². The van der Waals surface area contributed by atoms with E-state index in [4.69, 9.17) is 0 Å². The first-order valence-corrected chi connectivity index (χ1v) is 7.45. The summed E-state index contributed by atoms with van der Waals surface area (Å²) in [6.45, 7) is 2.25. The second-order valence-electron chi connectivity index (χ2n) is 5.29. The van der Waals surface area contributed by atoms with Crippen molar-refractivity contribution in [3.05, 3.63) is 83.7 Å². The number of carbonyl (C=O) groups excluding carboxylic acids is 1. The Morgan fingerprint density at radius 3 is 2.22 bits per heavy atom. The molecule has 4 heteroatoms. The van der Waals surface area contributed by atoms with Crippen LogP contribution in [0, 0.1) is 6.92 Å². The van der Waals surface area contributed by atoms with Gasteiger partial charge < -0.3 is 5.32 Å². The van der Waals surface area contributed by atoms with Crippen LogP contribution in [-0.4, -0.2) is 16.1 Å². The maximum absolute atomic E-state index is 12.2. The van der Waals surface area contributed by atoms with Gasteiger partial charge in [0.1, 0.15) is 0 Å². The number of amides is 1. The van der Waals surface area contributed by atoms with Gasteiger partial charge in [0.2, 0.25) is 0 Å². The monoisotopic (exact) mass is 303 g/mol. The number of aromatic nitrogens is 2. The van der Waals surface area contributed by atoms with Gasteiger partial charge in [-0.1, -0.05) is 42.5 Å². The number of rotatable bonds is 4. The van der Waals surface area contributed by atoms with Gasteiger partial charge in [-0.2, -0.15) is 10.2 Å². The minimum atomic E-state index is -0.119. The molecule has 3 aromatic rings. The molecule has 0 radical (unpaired) electrons. The standard InChI is InChI=1S/C19H17N3O/c1-14-7-12-18(22-21-14)13-20-19(23)17-10-8-16(9-11-17)15-5-3-2-4-6-15/h2-12H,13H2,1H3,(H,20,23). The van der Waals surface area contributed by atoms with Gasteiger partial charge in [0.05, 0.1) is 17.9 Å². The molecule has 0 saturated heterocycles. The van der Waals surface area contributed by atoms with Gasteiger partial charge in [-0.05, 0) is 42.3 Å². The summed E-state index contributed by atoms with van der Waals surface area (Å²) in [7, 11) is 0.